The van der Waals surface area contributed by atoms with Crippen molar-refractivity contribution in [2.24, 2.45) is 5.14 Å². The molecule has 0 unspecified atom stereocenters. The van der Waals surface area contributed by atoms with Gasteiger partial charge in [0.2, 0.25) is 0 Å². The van der Waals surface area contributed by atoms with E-state index in [9.17, 15) is 8.42 Å². The van der Waals surface area contributed by atoms with Crippen LogP contribution >= 0.6 is 0 Å². The van der Waals surface area contributed by atoms with E-state index in [1.54, 1.807) is 4.57 Å². The van der Waals surface area contributed by atoms with Gasteiger partial charge in [-0.15, -0.1) is 10.2 Å². The van der Waals surface area contributed by atoms with Crippen molar-refractivity contribution in [3.05, 3.63) is 5.82 Å². The van der Waals surface area contributed by atoms with Gasteiger partial charge < -0.3 is 0 Å². The van der Waals surface area contributed by atoms with Crippen LogP contribution in [0.25, 0.3) is 0 Å². The van der Waals surface area contributed by atoms with Gasteiger partial charge in [0.05, 0.1) is 0 Å². The van der Waals surface area contributed by atoms with E-state index >= 15 is 0 Å². The molecule has 1 aliphatic carbocycles. The van der Waals surface area contributed by atoms with Gasteiger partial charge in [-0.3, -0.25) is 4.57 Å². The second-order valence-electron chi connectivity index (χ2n) is 5.19. The lowest BCUT2D eigenvalue weighted by Crippen LogP contribution is -2.25. The maximum absolute atomic E-state index is 11.5. The molecule has 0 spiro atoms. The first kappa shape index (κ1) is 12.5. The van der Waals surface area contributed by atoms with Gasteiger partial charge in [0.25, 0.3) is 15.2 Å². The molecule has 1 saturated carbocycles. The third-order valence-electron chi connectivity index (χ3n) is 3.32. The van der Waals surface area contributed by atoms with Gasteiger partial charge in [-0.25, -0.2) is 13.6 Å². The van der Waals surface area contributed by atoms with Crippen LogP contribution in [0.3, 0.4) is 0 Å². The highest BCUT2D eigenvalue weighted by molar-refractivity contribution is 7.89. The number of aromatic nitrogens is 3. The summed E-state index contributed by atoms with van der Waals surface area (Å²) in [6.45, 7) is 6.11. The maximum atomic E-state index is 11.5. The van der Waals surface area contributed by atoms with Gasteiger partial charge in [0.15, 0.2) is 0 Å². The fourth-order valence-corrected chi connectivity index (χ4v) is 2.42. The lowest BCUT2D eigenvalue weighted by Gasteiger charge is -2.22. The first-order chi connectivity index (χ1) is 7.77. The van der Waals surface area contributed by atoms with Crippen molar-refractivity contribution in [3.8, 4) is 0 Å². The molecule has 0 atom stereocenters. The van der Waals surface area contributed by atoms with Crippen molar-refractivity contribution >= 4 is 10.0 Å². The molecule has 2 rings (SSSR count). The molecule has 96 valence electrons. The summed E-state index contributed by atoms with van der Waals surface area (Å²) < 4.78 is 24.6. The van der Waals surface area contributed by atoms with E-state index in [0.29, 0.717) is 5.82 Å². The van der Waals surface area contributed by atoms with Crippen LogP contribution in [0.15, 0.2) is 5.16 Å². The lowest BCUT2D eigenvalue weighted by molar-refractivity contribution is 0.434. The fraction of sp³-hybridized carbons (Fsp3) is 0.800. The van der Waals surface area contributed by atoms with Crippen LogP contribution in [0, 0.1) is 0 Å². The number of hydrogen-bond donors (Lipinski definition) is 1. The third-order valence-corrected chi connectivity index (χ3v) is 4.11. The molecule has 0 aliphatic heterocycles. The highest BCUT2D eigenvalue weighted by atomic mass is 32.2. The van der Waals surface area contributed by atoms with Crippen LogP contribution in [0.5, 0.6) is 0 Å². The molecule has 7 heteroatoms. The summed E-state index contributed by atoms with van der Waals surface area (Å²) in [4.78, 5) is 0. The Labute approximate surface area is 101 Å². The van der Waals surface area contributed by atoms with Gasteiger partial charge >= 0.3 is 0 Å². The molecule has 0 bridgehead atoms. The minimum absolute atomic E-state index is 0.100. The summed E-state index contributed by atoms with van der Waals surface area (Å²) in [5.41, 5.74) is -0.196. The number of hydrogen-bond acceptors (Lipinski definition) is 4. The molecule has 17 heavy (non-hydrogen) atoms. The molecular formula is C10H18N4O2S. The topological polar surface area (TPSA) is 90.9 Å². The van der Waals surface area contributed by atoms with Gasteiger partial charge in [-0.1, -0.05) is 20.8 Å². The monoisotopic (exact) mass is 258 g/mol. The quantitative estimate of drug-likeness (QED) is 0.870. The SMILES string of the molecule is CCC(C)(C)c1nnc(S(N)(=O)=O)n1C1CC1. The Bertz CT molecular complexity index is 529. The Balaban J connectivity index is 2.59. The lowest BCUT2D eigenvalue weighted by atomic mass is 9.89. The van der Waals surface area contributed by atoms with Crippen molar-refractivity contribution in [3.63, 3.8) is 0 Å². The largest absolute Gasteiger partial charge is 0.297 e. The maximum Gasteiger partial charge on any atom is 0.273 e. The first-order valence-electron chi connectivity index (χ1n) is 5.75. The highest BCUT2D eigenvalue weighted by Gasteiger charge is 2.37. The Morgan fingerprint density at radius 1 is 1.41 bits per heavy atom. The average Bonchev–Trinajstić information content (AvgIpc) is 2.94. The molecule has 2 N–H and O–H groups in total. The predicted octanol–water partition coefficient (Wildman–Crippen LogP) is 0.948. The summed E-state index contributed by atoms with van der Waals surface area (Å²) in [6, 6.07) is 0.194. The minimum Gasteiger partial charge on any atom is -0.297 e. The normalized spacial score (nSPS) is 17.4. The minimum atomic E-state index is -3.80. The van der Waals surface area contributed by atoms with Gasteiger partial charge in [-0.05, 0) is 19.3 Å². The van der Waals surface area contributed by atoms with E-state index in [2.05, 4.69) is 10.2 Å². The van der Waals surface area contributed by atoms with Gasteiger partial charge in [0, 0.05) is 11.5 Å². The van der Waals surface area contributed by atoms with Crippen LogP contribution in [-0.2, 0) is 15.4 Å². The van der Waals surface area contributed by atoms with Crippen molar-refractivity contribution < 1.29 is 8.42 Å². The summed E-state index contributed by atoms with van der Waals surface area (Å²) in [5, 5.41) is 12.9. The molecule has 1 aromatic heterocycles. The molecule has 0 aromatic carbocycles. The zero-order chi connectivity index (χ0) is 12.8. The van der Waals surface area contributed by atoms with E-state index in [4.69, 9.17) is 5.14 Å². The molecule has 1 aromatic rings. The molecule has 0 amide bonds. The molecular weight excluding hydrogens is 240 g/mol. The van der Waals surface area contributed by atoms with Gasteiger partial charge in [0.1, 0.15) is 5.82 Å². The van der Waals surface area contributed by atoms with Crippen molar-refractivity contribution in [1.82, 2.24) is 14.8 Å². The smallest absolute Gasteiger partial charge is 0.273 e. The van der Waals surface area contributed by atoms with E-state index < -0.39 is 10.0 Å². The van der Waals surface area contributed by atoms with E-state index in [1.165, 1.54) is 0 Å². The zero-order valence-electron chi connectivity index (χ0n) is 10.3. The van der Waals surface area contributed by atoms with Crippen molar-refractivity contribution in [1.29, 1.82) is 0 Å². The Morgan fingerprint density at radius 3 is 2.41 bits per heavy atom. The number of sulfonamides is 1. The molecule has 1 heterocycles. The highest BCUT2D eigenvalue weighted by Crippen LogP contribution is 2.40. The number of nitrogens with zero attached hydrogens (tertiary/aromatic N) is 3. The molecule has 1 fully saturated rings. The third kappa shape index (κ3) is 2.21. The summed E-state index contributed by atoms with van der Waals surface area (Å²) in [7, 11) is -3.80. The Hall–Kier alpha value is -0.950. The number of primary sulfonamides is 1. The fourth-order valence-electron chi connectivity index (χ4n) is 1.75. The van der Waals surface area contributed by atoms with E-state index in [1.807, 2.05) is 20.8 Å². The van der Waals surface area contributed by atoms with Crippen LogP contribution in [0.2, 0.25) is 0 Å². The van der Waals surface area contributed by atoms with Crippen molar-refractivity contribution in [2.45, 2.75) is 56.6 Å². The van der Waals surface area contributed by atoms with E-state index in [-0.39, 0.29) is 16.6 Å². The predicted molar refractivity (Wildman–Crippen MR) is 63.0 cm³/mol. The van der Waals surface area contributed by atoms with Gasteiger partial charge in [-0.2, -0.15) is 0 Å². The van der Waals surface area contributed by atoms with Crippen LogP contribution < -0.4 is 5.14 Å². The zero-order valence-corrected chi connectivity index (χ0v) is 11.2. The summed E-state index contributed by atoms with van der Waals surface area (Å²) in [6.07, 6.45) is 2.79. The molecule has 0 radical (unpaired) electrons. The summed E-state index contributed by atoms with van der Waals surface area (Å²) >= 11 is 0. The Morgan fingerprint density at radius 2 is 2.00 bits per heavy atom. The summed E-state index contributed by atoms with van der Waals surface area (Å²) in [5.74, 6) is 0.714. The Kier molecular flexibility index (Phi) is 2.78. The number of rotatable bonds is 4. The first-order valence-corrected chi connectivity index (χ1v) is 7.30. The van der Waals surface area contributed by atoms with Crippen molar-refractivity contribution in [2.75, 3.05) is 0 Å². The average molecular weight is 258 g/mol. The second kappa shape index (κ2) is 3.78. The second-order valence-corrected chi connectivity index (χ2v) is 6.64. The van der Waals surface area contributed by atoms with Crippen LogP contribution in [0.4, 0.5) is 0 Å². The molecule has 0 saturated heterocycles. The standard InChI is InChI=1S/C10H18N4O2S/c1-4-10(2,3)8-12-13-9(17(11,15)16)14(8)7-5-6-7/h7H,4-6H2,1-3H3,(H2,11,15,16). The van der Waals surface area contributed by atoms with E-state index in [0.717, 1.165) is 19.3 Å². The number of nitrogens with two attached hydrogens (primary N) is 1. The molecule has 6 nitrogen and oxygen atoms in total. The van der Waals surface area contributed by atoms with Crippen LogP contribution in [-0.4, -0.2) is 23.2 Å². The van der Waals surface area contributed by atoms with Crippen LogP contribution in [0.1, 0.15) is 51.9 Å². The molecule has 1 aliphatic rings.